The van der Waals surface area contributed by atoms with Crippen molar-refractivity contribution in [1.29, 1.82) is 0 Å². The van der Waals surface area contributed by atoms with Crippen LogP contribution in [-0.4, -0.2) is 119 Å². The second-order valence-electron chi connectivity index (χ2n) is 17.2. The minimum atomic E-state index is -1.46. The third kappa shape index (κ3) is 15.5. The number of aromatic carboxylic acids is 3. The predicted octanol–water partition coefficient (Wildman–Crippen LogP) is 6.24. The summed E-state index contributed by atoms with van der Waals surface area (Å²) in [6.45, 7) is 11.5. The fourth-order valence-electron chi connectivity index (χ4n) is 7.14. The van der Waals surface area contributed by atoms with Crippen LogP contribution in [0.4, 0.5) is 0 Å². The summed E-state index contributed by atoms with van der Waals surface area (Å²) >= 11 is 0. The summed E-state index contributed by atoms with van der Waals surface area (Å²) in [6, 6.07) is 37.1. The smallest absolute Gasteiger partial charge is 0.356 e. The predicted molar refractivity (Wildman–Crippen MR) is 262 cm³/mol. The SMILES string of the molecule is CCOC(=O)[C@H](O)C[C@H](N)C(C)(C)c1ccc(-c2ccccc2)cc1.CCOC(=O)[C@H](O)C[C@H](NC(=O)c1cc(C(=O)O)[nH]n1)C(C)(C)c1ccc(-c2ccccc2)cc1.O=C(O)c1cc(C(=O)O)[nH]n1. The Morgan fingerprint density at radius 3 is 1.32 bits per heavy atom. The molecule has 19 nitrogen and oxygen atoms in total. The van der Waals surface area contributed by atoms with Gasteiger partial charge in [0, 0.05) is 47.9 Å². The molecule has 0 unspecified atom stereocenters. The molecule has 1 amide bonds. The number of ether oxygens (including phenoxy) is 2. The highest BCUT2D eigenvalue weighted by molar-refractivity contribution is 5.95. The minimum absolute atomic E-state index is 0.114. The Balaban J connectivity index is 0.000000263. The molecule has 19 heteroatoms. The number of nitrogens with two attached hydrogens (primary N) is 1. The van der Waals surface area contributed by atoms with Crippen LogP contribution >= 0.6 is 0 Å². The van der Waals surface area contributed by atoms with Crippen molar-refractivity contribution in [3.63, 3.8) is 0 Å². The Morgan fingerprint density at radius 1 is 0.563 bits per heavy atom. The molecule has 0 aliphatic carbocycles. The lowest BCUT2D eigenvalue weighted by molar-refractivity contribution is -0.154. The van der Waals surface area contributed by atoms with Gasteiger partial charge in [-0.1, -0.05) is 137 Å². The van der Waals surface area contributed by atoms with Crippen molar-refractivity contribution in [2.45, 2.75) is 89.5 Å². The molecule has 4 atom stereocenters. The lowest BCUT2D eigenvalue weighted by Gasteiger charge is -2.36. The first-order chi connectivity index (χ1) is 33.6. The van der Waals surface area contributed by atoms with Gasteiger partial charge in [0.15, 0.2) is 23.6 Å². The molecule has 6 aromatic rings. The number of hydrogen-bond acceptors (Lipinski definition) is 13. The van der Waals surface area contributed by atoms with Crippen molar-refractivity contribution in [1.82, 2.24) is 25.7 Å². The van der Waals surface area contributed by atoms with E-state index < -0.39 is 59.4 Å². The molecule has 2 heterocycles. The molecule has 0 spiro atoms. The Morgan fingerprint density at radius 2 is 0.944 bits per heavy atom. The average Bonchev–Trinajstić information content (AvgIpc) is 4.08. The number of carboxylic acids is 3. The Bertz CT molecular complexity index is 2670. The number of aliphatic hydroxyl groups is 2. The highest BCUT2D eigenvalue weighted by Gasteiger charge is 2.37. The first kappa shape index (κ1) is 55.6. The monoisotopic (exact) mass is 976 g/mol. The molecular weight excluding hydrogens is 917 g/mol. The zero-order valence-corrected chi connectivity index (χ0v) is 40.2. The van der Waals surface area contributed by atoms with Crippen molar-refractivity contribution in [2.24, 2.45) is 5.73 Å². The van der Waals surface area contributed by atoms with Crippen LogP contribution in [0, 0.1) is 0 Å². The average molecular weight is 977 g/mol. The fourth-order valence-corrected chi connectivity index (χ4v) is 7.14. The van der Waals surface area contributed by atoms with Crippen LogP contribution in [0.15, 0.2) is 121 Å². The highest BCUT2D eigenvalue weighted by atomic mass is 16.5. The summed E-state index contributed by atoms with van der Waals surface area (Å²) in [5.74, 6) is -5.77. The van der Waals surface area contributed by atoms with Crippen molar-refractivity contribution in [3.8, 4) is 22.3 Å². The number of aromatic nitrogens is 4. The maximum absolute atomic E-state index is 12.9. The number of esters is 2. The largest absolute Gasteiger partial charge is 0.477 e. The number of carbonyl (C=O) groups excluding carboxylic acids is 3. The summed E-state index contributed by atoms with van der Waals surface area (Å²) < 4.78 is 9.77. The summed E-state index contributed by atoms with van der Waals surface area (Å²) in [6.07, 6.45) is -2.62. The molecule has 0 bridgehead atoms. The van der Waals surface area contributed by atoms with Crippen molar-refractivity contribution in [2.75, 3.05) is 13.2 Å². The van der Waals surface area contributed by atoms with E-state index in [9.17, 15) is 39.0 Å². The van der Waals surface area contributed by atoms with Crippen LogP contribution < -0.4 is 11.1 Å². The lowest BCUT2D eigenvalue weighted by Crippen LogP contribution is -2.50. The lowest BCUT2D eigenvalue weighted by atomic mass is 9.75. The summed E-state index contributed by atoms with van der Waals surface area (Å²) in [4.78, 5) is 68.1. The number of aliphatic hydroxyl groups excluding tert-OH is 2. The normalized spacial score (nSPS) is 12.8. The van der Waals surface area contributed by atoms with Gasteiger partial charge in [-0.2, -0.15) is 10.2 Å². The second-order valence-corrected chi connectivity index (χ2v) is 17.2. The van der Waals surface area contributed by atoms with Crippen LogP contribution in [0.3, 0.4) is 0 Å². The van der Waals surface area contributed by atoms with E-state index in [1.807, 2.05) is 100 Å². The number of benzene rings is 4. The van der Waals surface area contributed by atoms with E-state index in [2.05, 4.69) is 62.1 Å². The number of carbonyl (C=O) groups is 6. The van der Waals surface area contributed by atoms with Gasteiger partial charge in [0.1, 0.15) is 11.4 Å². The molecule has 376 valence electrons. The van der Waals surface area contributed by atoms with Gasteiger partial charge >= 0.3 is 29.8 Å². The van der Waals surface area contributed by atoms with E-state index in [1.165, 1.54) is 0 Å². The van der Waals surface area contributed by atoms with Crippen molar-refractivity contribution in [3.05, 3.63) is 155 Å². The Labute approximate surface area is 410 Å². The zero-order chi connectivity index (χ0) is 52.5. The molecule has 4 aromatic carbocycles. The minimum Gasteiger partial charge on any atom is -0.477 e. The number of nitrogens with zero attached hydrogens (tertiary/aromatic N) is 2. The van der Waals surface area contributed by atoms with Crippen molar-refractivity contribution >= 4 is 35.8 Å². The molecule has 0 aliphatic rings. The Kier molecular flexibility index (Phi) is 20.0. The quantitative estimate of drug-likeness (QED) is 0.0405. The van der Waals surface area contributed by atoms with Gasteiger partial charge in [-0.15, -0.1) is 0 Å². The molecule has 2 aromatic heterocycles. The fraction of sp³-hybridized carbons (Fsp3) is 0.308. The molecular formula is C52H60N6O13. The van der Waals surface area contributed by atoms with Crippen LogP contribution in [0.2, 0.25) is 0 Å². The van der Waals surface area contributed by atoms with Gasteiger partial charge in [-0.25, -0.2) is 24.0 Å². The number of carboxylic acid groups (broad SMARTS) is 3. The van der Waals surface area contributed by atoms with Crippen LogP contribution in [0.25, 0.3) is 22.3 Å². The standard InChI is InChI=1S/C26H29N3O6.C21H27NO3.C5H4N2O4/c1-4-35-25(34)21(30)15-22(27-23(31)19-14-20(24(32)33)29-28-19)26(2,3)18-12-10-17(11-13-18)16-8-6-5-7-9-16;1-4-25-20(24)18(23)14-19(22)21(2,3)17-12-10-16(11-13-17)15-8-6-5-7-9-15;8-4(9)2-1-3(5(10)11)7-6-2/h5-14,21-22,30H,4,15H2,1-3H3,(H,27,31)(H,28,29)(H,32,33);5-13,18-19,23H,4,14,22H2,1-3H3;1H,(H,6,7)(H,8,9)(H,10,11)/t21-,22+;18-,19+;/m11./s1. The topological polar surface area (TPSA) is 317 Å². The van der Waals surface area contributed by atoms with Gasteiger partial charge in [0.25, 0.3) is 5.91 Å². The van der Waals surface area contributed by atoms with E-state index in [4.69, 9.17) is 30.5 Å². The number of hydrogen-bond donors (Lipinski definition) is 9. The summed E-state index contributed by atoms with van der Waals surface area (Å²) in [5, 5.41) is 60.3. The van der Waals surface area contributed by atoms with Gasteiger partial charge in [0.2, 0.25) is 0 Å². The van der Waals surface area contributed by atoms with E-state index in [0.29, 0.717) is 0 Å². The van der Waals surface area contributed by atoms with E-state index in [0.717, 1.165) is 45.5 Å². The molecule has 0 saturated carbocycles. The van der Waals surface area contributed by atoms with E-state index in [-0.39, 0.29) is 60.3 Å². The number of H-pyrrole nitrogens is 2. The molecule has 10 N–H and O–H groups in total. The van der Waals surface area contributed by atoms with Crippen LogP contribution in [0.5, 0.6) is 0 Å². The zero-order valence-electron chi connectivity index (χ0n) is 40.2. The third-order valence-electron chi connectivity index (χ3n) is 11.7. The van der Waals surface area contributed by atoms with Gasteiger partial charge in [-0.3, -0.25) is 15.0 Å². The maximum Gasteiger partial charge on any atom is 0.356 e. The number of nitrogens with one attached hydrogen (secondary N) is 3. The molecule has 0 saturated heterocycles. The first-order valence-corrected chi connectivity index (χ1v) is 22.5. The molecule has 0 radical (unpaired) electrons. The molecule has 0 aliphatic heterocycles. The van der Waals surface area contributed by atoms with Crippen molar-refractivity contribution < 1.29 is 63.8 Å². The highest BCUT2D eigenvalue weighted by Crippen LogP contribution is 2.33. The van der Waals surface area contributed by atoms with Gasteiger partial charge in [-0.05, 0) is 47.2 Å². The number of aromatic amines is 2. The number of amides is 1. The third-order valence-corrected chi connectivity index (χ3v) is 11.7. The Hall–Kier alpha value is -8.00. The van der Waals surface area contributed by atoms with Crippen LogP contribution in [0.1, 0.15) is 107 Å². The first-order valence-electron chi connectivity index (χ1n) is 22.5. The van der Waals surface area contributed by atoms with E-state index in [1.54, 1.807) is 13.8 Å². The van der Waals surface area contributed by atoms with Gasteiger partial charge in [0.05, 0.1) is 13.2 Å². The second kappa shape index (κ2) is 25.6. The molecule has 6 rings (SSSR count). The molecule has 0 fully saturated rings. The van der Waals surface area contributed by atoms with E-state index >= 15 is 0 Å². The van der Waals surface area contributed by atoms with Gasteiger partial charge < -0.3 is 46.1 Å². The molecule has 71 heavy (non-hydrogen) atoms. The summed E-state index contributed by atoms with van der Waals surface area (Å²) in [5.41, 5.74) is 10.6. The van der Waals surface area contributed by atoms with Crippen LogP contribution in [-0.2, 0) is 29.9 Å². The maximum atomic E-state index is 12.9. The number of rotatable bonds is 19. The summed E-state index contributed by atoms with van der Waals surface area (Å²) in [7, 11) is 0.